The Kier molecular flexibility index (Phi) is 4.94. The van der Waals surface area contributed by atoms with Crippen LogP contribution in [0.4, 0.5) is 5.69 Å². The first-order valence-electron chi connectivity index (χ1n) is 7.68. The molecule has 118 valence electrons. The molecule has 0 aliphatic carbocycles. The maximum atomic E-state index is 4.81. The number of aromatic nitrogens is 1. The highest BCUT2D eigenvalue weighted by Gasteiger charge is 2.07. The molecule has 0 saturated carbocycles. The van der Waals surface area contributed by atoms with Crippen molar-refractivity contribution < 1.29 is 0 Å². The first-order chi connectivity index (χ1) is 11.1. The summed E-state index contributed by atoms with van der Waals surface area (Å²) in [5.74, 6) is 0. The number of nitrogens with zero attached hydrogens (tertiary/aromatic N) is 2. The SMILES string of the molecule is CN(C)CCNc1cc(-c2ccc(Br)cc2)nc2ccccc12. The summed E-state index contributed by atoms with van der Waals surface area (Å²) in [4.78, 5) is 6.99. The Labute approximate surface area is 145 Å². The van der Waals surface area contributed by atoms with E-state index < -0.39 is 0 Å². The molecule has 1 aromatic heterocycles. The van der Waals surface area contributed by atoms with Crippen molar-refractivity contribution in [1.29, 1.82) is 0 Å². The number of anilines is 1. The van der Waals surface area contributed by atoms with Gasteiger partial charge in [0.2, 0.25) is 0 Å². The van der Waals surface area contributed by atoms with Gasteiger partial charge >= 0.3 is 0 Å². The highest BCUT2D eigenvalue weighted by molar-refractivity contribution is 9.10. The molecule has 4 heteroatoms. The average Bonchev–Trinajstić information content (AvgIpc) is 2.55. The number of likely N-dealkylation sites (N-methyl/N-ethyl adjacent to an activating group) is 1. The predicted octanol–water partition coefficient (Wildman–Crippen LogP) is 4.64. The van der Waals surface area contributed by atoms with Gasteiger partial charge in [-0.15, -0.1) is 0 Å². The number of nitrogens with one attached hydrogen (secondary N) is 1. The van der Waals surface area contributed by atoms with Crippen molar-refractivity contribution in [3.63, 3.8) is 0 Å². The summed E-state index contributed by atoms with van der Waals surface area (Å²) >= 11 is 3.48. The summed E-state index contributed by atoms with van der Waals surface area (Å²) in [5, 5.41) is 4.71. The maximum absolute atomic E-state index is 4.81. The van der Waals surface area contributed by atoms with Crippen LogP contribution < -0.4 is 5.32 Å². The van der Waals surface area contributed by atoms with E-state index in [4.69, 9.17) is 4.98 Å². The number of fused-ring (bicyclic) bond motifs is 1. The van der Waals surface area contributed by atoms with Crippen LogP contribution in [0.1, 0.15) is 0 Å². The van der Waals surface area contributed by atoms with E-state index in [1.807, 2.05) is 18.2 Å². The van der Waals surface area contributed by atoms with E-state index in [1.54, 1.807) is 0 Å². The quantitative estimate of drug-likeness (QED) is 0.709. The standard InChI is InChI=1S/C19H20BrN3/c1-23(2)12-11-21-19-13-18(14-7-9-15(20)10-8-14)22-17-6-4-3-5-16(17)19/h3-10,13H,11-12H2,1-2H3,(H,21,22). The van der Waals surface area contributed by atoms with Gasteiger partial charge in [0.1, 0.15) is 0 Å². The molecular formula is C19H20BrN3. The predicted molar refractivity (Wildman–Crippen MR) is 102 cm³/mol. The smallest absolute Gasteiger partial charge is 0.0730 e. The minimum Gasteiger partial charge on any atom is -0.383 e. The van der Waals surface area contributed by atoms with Crippen molar-refractivity contribution in [3.8, 4) is 11.3 Å². The van der Waals surface area contributed by atoms with Crippen LogP contribution in [0.15, 0.2) is 59.1 Å². The average molecular weight is 370 g/mol. The van der Waals surface area contributed by atoms with Gasteiger partial charge in [0, 0.05) is 34.2 Å². The van der Waals surface area contributed by atoms with E-state index in [0.717, 1.165) is 45.4 Å². The maximum Gasteiger partial charge on any atom is 0.0730 e. The molecule has 0 radical (unpaired) electrons. The monoisotopic (exact) mass is 369 g/mol. The van der Waals surface area contributed by atoms with Gasteiger partial charge in [0.15, 0.2) is 0 Å². The zero-order valence-electron chi connectivity index (χ0n) is 13.4. The van der Waals surface area contributed by atoms with Crippen molar-refractivity contribution in [2.75, 3.05) is 32.5 Å². The second-order valence-electron chi connectivity index (χ2n) is 5.81. The van der Waals surface area contributed by atoms with Gasteiger partial charge in [0.25, 0.3) is 0 Å². The molecule has 1 N–H and O–H groups in total. The lowest BCUT2D eigenvalue weighted by molar-refractivity contribution is 0.425. The summed E-state index contributed by atoms with van der Waals surface area (Å²) in [6, 6.07) is 18.7. The molecule has 2 aromatic carbocycles. The molecule has 1 heterocycles. The topological polar surface area (TPSA) is 28.2 Å². The van der Waals surface area contributed by atoms with Crippen LogP contribution in [0.2, 0.25) is 0 Å². The van der Waals surface area contributed by atoms with E-state index in [0.29, 0.717) is 0 Å². The third kappa shape index (κ3) is 3.89. The Hall–Kier alpha value is -1.91. The van der Waals surface area contributed by atoms with Gasteiger partial charge in [-0.1, -0.05) is 46.3 Å². The number of para-hydroxylation sites is 1. The Morgan fingerprint density at radius 3 is 2.52 bits per heavy atom. The number of rotatable bonds is 5. The molecule has 0 unspecified atom stereocenters. The van der Waals surface area contributed by atoms with Gasteiger partial charge in [-0.2, -0.15) is 0 Å². The van der Waals surface area contributed by atoms with E-state index in [9.17, 15) is 0 Å². The number of pyridine rings is 1. The van der Waals surface area contributed by atoms with Crippen LogP contribution in [0, 0.1) is 0 Å². The van der Waals surface area contributed by atoms with Crippen LogP contribution in [0.5, 0.6) is 0 Å². The highest BCUT2D eigenvalue weighted by atomic mass is 79.9. The van der Waals surface area contributed by atoms with Gasteiger partial charge < -0.3 is 10.2 Å². The molecule has 3 aromatic rings. The molecule has 0 aliphatic rings. The lowest BCUT2D eigenvalue weighted by atomic mass is 10.1. The van der Waals surface area contributed by atoms with Crippen molar-refractivity contribution >= 4 is 32.5 Å². The van der Waals surface area contributed by atoms with E-state index in [2.05, 4.69) is 76.6 Å². The van der Waals surface area contributed by atoms with E-state index in [1.165, 1.54) is 0 Å². The fraction of sp³-hybridized carbons (Fsp3) is 0.211. The Morgan fingerprint density at radius 2 is 1.78 bits per heavy atom. The molecule has 0 atom stereocenters. The van der Waals surface area contributed by atoms with Crippen LogP contribution in [-0.2, 0) is 0 Å². The number of hydrogen-bond acceptors (Lipinski definition) is 3. The number of halogens is 1. The van der Waals surface area contributed by atoms with Crippen molar-refractivity contribution in [3.05, 3.63) is 59.1 Å². The third-order valence-corrected chi connectivity index (χ3v) is 4.26. The fourth-order valence-electron chi connectivity index (χ4n) is 2.50. The van der Waals surface area contributed by atoms with Gasteiger partial charge in [-0.25, -0.2) is 4.98 Å². The molecular weight excluding hydrogens is 350 g/mol. The Bertz CT molecular complexity index is 797. The molecule has 0 saturated heterocycles. The molecule has 0 fully saturated rings. The largest absolute Gasteiger partial charge is 0.383 e. The molecule has 0 bridgehead atoms. The van der Waals surface area contributed by atoms with Gasteiger partial charge in [-0.3, -0.25) is 0 Å². The van der Waals surface area contributed by atoms with Crippen LogP contribution in [-0.4, -0.2) is 37.1 Å². The van der Waals surface area contributed by atoms with E-state index >= 15 is 0 Å². The summed E-state index contributed by atoms with van der Waals surface area (Å²) in [7, 11) is 4.17. The minimum atomic E-state index is 0.904. The molecule has 0 amide bonds. The van der Waals surface area contributed by atoms with Crippen molar-refractivity contribution in [2.24, 2.45) is 0 Å². The Balaban J connectivity index is 2.00. The minimum absolute atomic E-state index is 0.904. The zero-order valence-corrected chi connectivity index (χ0v) is 15.0. The van der Waals surface area contributed by atoms with E-state index in [-0.39, 0.29) is 0 Å². The Morgan fingerprint density at radius 1 is 1.04 bits per heavy atom. The van der Waals surface area contributed by atoms with Crippen molar-refractivity contribution in [1.82, 2.24) is 9.88 Å². The number of benzene rings is 2. The number of hydrogen-bond donors (Lipinski definition) is 1. The first-order valence-corrected chi connectivity index (χ1v) is 8.47. The normalized spacial score (nSPS) is 11.1. The fourth-order valence-corrected chi connectivity index (χ4v) is 2.77. The molecule has 0 aliphatic heterocycles. The second kappa shape index (κ2) is 7.11. The summed E-state index contributed by atoms with van der Waals surface area (Å²) in [6.07, 6.45) is 0. The van der Waals surface area contributed by atoms with Gasteiger partial charge in [0.05, 0.1) is 11.2 Å². The summed E-state index contributed by atoms with van der Waals surface area (Å²) in [5.41, 5.74) is 4.26. The molecule has 0 spiro atoms. The van der Waals surface area contributed by atoms with Crippen LogP contribution in [0.25, 0.3) is 22.2 Å². The first kappa shape index (κ1) is 16.0. The third-order valence-electron chi connectivity index (χ3n) is 3.73. The lowest BCUT2D eigenvalue weighted by Crippen LogP contribution is -2.20. The summed E-state index contributed by atoms with van der Waals surface area (Å²) in [6.45, 7) is 1.89. The molecule has 23 heavy (non-hydrogen) atoms. The zero-order chi connectivity index (χ0) is 16.2. The van der Waals surface area contributed by atoms with Crippen LogP contribution in [0.3, 0.4) is 0 Å². The molecule has 3 rings (SSSR count). The van der Waals surface area contributed by atoms with Crippen molar-refractivity contribution in [2.45, 2.75) is 0 Å². The molecule has 3 nitrogen and oxygen atoms in total. The lowest BCUT2D eigenvalue weighted by Gasteiger charge is -2.14. The van der Waals surface area contributed by atoms with Crippen LogP contribution >= 0.6 is 15.9 Å². The highest BCUT2D eigenvalue weighted by Crippen LogP contribution is 2.28. The van der Waals surface area contributed by atoms with Gasteiger partial charge in [-0.05, 0) is 38.4 Å². The second-order valence-corrected chi connectivity index (χ2v) is 6.72. The summed E-state index contributed by atoms with van der Waals surface area (Å²) < 4.78 is 1.08.